The van der Waals surface area contributed by atoms with E-state index in [9.17, 15) is 14.5 Å². The first-order chi connectivity index (χ1) is 15.5. The molecule has 0 aliphatic heterocycles. The summed E-state index contributed by atoms with van der Waals surface area (Å²) in [5, 5.41) is 17.5. The van der Waals surface area contributed by atoms with Crippen LogP contribution < -0.4 is 20.1 Å². The zero-order valence-corrected chi connectivity index (χ0v) is 19.4. The molecule has 0 fully saturated rings. The van der Waals surface area contributed by atoms with Crippen molar-refractivity contribution in [2.45, 2.75) is 13.2 Å². The second-order valence-corrected chi connectivity index (χ2v) is 7.29. The zero-order chi connectivity index (χ0) is 22.9. The Bertz CT molecular complexity index is 1050. The van der Waals surface area contributed by atoms with Crippen LogP contribution in [0.25, 0.3) is 0 Å². The van der Waals surface area contributed by atoms with E-state index in [1.807, 2.05) is 12.1 Å². The number of nitro benzene ring substituents is 1. The average molecular weight is 496 g/mol. The fraction of sp³-hybridized carbons (Fsp3) is 0.217. The van der Waals surface area contributed by atoms with E-state index in [-0.39, 0.29) is 24.7 Å². The van der Waals surface area contributed by atoms with E-state index in [0.29, 0.717) is 41.7 Å². The molecule has 0 aliphatic rings. The highest BCUT2D eigenvalue weighted by molar-refractivity contribution is 6.31. The summed E-state index contributed by atoms with van der Waals surface area (Å²) in [6, 6.07) is 16.3. The number of rotatable bonds is 11. The van der Waals surface area contributed by atoms with Crippen molar-refractivity contribution in [2.24, 2.45) is 0 Å². The zero-order valence-electron chi connectivity index (χ0n) is 17.8. The van der Waals surface area contributed by atoms with E-state index in [1.165, 1.54) is 18.2 Å². The molecule has 7 nitrogen and oxygen atoms in total. The Kier molecular flexibility index (Phi) is 10.2. The second-order valence-electron chi connectivity index (χ2n) is 6.88. The number of hydrogen-bond donors (Lipinski definition) is 2. The van der Waals surface area contributed by atoms with Gasteiger partial charge in [0.1, 0.15) is 12.4 Å². The molecule has 0 saturated heterocycles. The number of halogens is 3. The maximum Gasteiger partial charge on any atom is 0.269 e. The fourth-order valence-electron chi connectivity index (χ4n) is 2.99. The smallest absolute Gasteiger partial charge is 0.269 e. The first kappa shape index (κ1) is 26.2. The Morgan fingerprint density at radius 2 is 1.82 bits per heavy atom. The van der Waals surface area contributed by atoms with Crippen molar-refractivity contribution in [2.75, 3.05) is 25.5 Å². The highest BCUT2D eigenvalue weighted by atomic mass is 35.5. The summed E-state index contributed by atoms with van der Waals surface area (Å²) in [6.45, 7) is 1.94. The van der Waals surface area contributed by atoms with Gasteiger partial charge in [-0.1, -0.05) is 23.7 Å². The molecule has 0 aromatic heterocycles. The van der Waals surface area contributed by atoms with Gasteiger partial charge in [0, 0.05) is 43.0 Å². The number of methoxy groups -OCH3 is 1. The summed E-state index contributed by atoms with van der Waals surface area (Å²) in [7, 11) is 1.55. The molecule has 3 aromatic carbocycles. The molecule has 33 heavy (non-hydrogen) atoms. The first-order valence-electron chi connectivity index (χ1n) is 9.89. The summed E-state index contributed by atoms with van der Waals surface area (Å²) in [5.74, 6) is 0.621. The molecule has 3 aromatic rings. The van der Waals surface area contributed by atoms with Crippen molar-refractivity contribution in [1.82, 2.24) is 5.32 Å². The molecule has 0 saturated carbocycles. The minimum Gasteiger partial charge on any atom is -0.493 e. The molecular formula is C23H24Cl2FN3O4. The Balaban J connectivity index is 0.00000385. The normalized spacial score (nSPS) is 10.3. The van der Waals surface area contributed by atoms with Crippen LogP contribution in [0.1, 0.15) is 11.1 Å². The molecule has 2 N–H and O–H groups in total. The molecule has 0 amide bonds. The predicted octanol–water partition coefficient (Wildman–Crippen LogP) is 5.60. The van der Waals surface area contributed by atoms with Gasteiger partial charge in [0.05, 0.1) is 17.1 Å². The van der Waals surface area contributed by atoms with Crippen LogP contribution in [0.5, 0.6) is 11.5 Å². The Morgan fingerprint density at radius 1 is 1.06 bits per heavy atom. The largest absolute Gasteiger partial charge is 0.493 e. The molecule has 10 heteroatoms. The van der Waals surface area contributed by atoms with Gasteiger partial charge in [-0.25, -0.2) is 4.39 Å². The standard InChI is InChI=1S/C23H23ClFN3O4.ClH/c1-31-23-13-16(5-10-22(23)32-15-19-20(24)3-2-4-21(19)25)14-26-11-12-27-17-6-8-18(9-7-17)28(29)30;/h2-10,13,26-27H,11-12,14-15H2,1H3;1H. The third kappa shape index (κ3) is 7.49. The SMILES string of the molecule is COc1cc(CNCCNc2ccc([N+](=O)[O-])cc2)ccc1OCc1c(F)cccc1Cl.Cl. The highest BCUT2D eigenvalue weighted by Crippen LogP contribution is 2.30. The van der Waals surface area contributed by atoms with Gasteiger partial charge in [0.25, 0.3) is 5.69 Å². The molecule has 0 unspecified atom stereocenters. The van der Waals surface area contributed by atoms with Crippen molar-refractivity contribution < 1.29 is 18.8 Å². The molecule has 0 radical (unpaired) electrons. The lowest BCUT2D eigenvalue weighted by atomic mass is 10.2. The molecule has 0 spiro atoms. The summed E-state index contributed by atoms with van der Waals surface area (Å²) >= 11 is 6.04. The number of ether oxygens (including phenoxy) is 2. The number of nitrogens with zero attached hydrogens (tertiary/aromatic N) is 1. The summed E-state index contributed by atoms with van der Waals surface area (Å²) in [5.41, 5.74) is 2.17. The second kappa shape index (κ2) is 12.8. The fourth-order valence-corrected chi connectivity index (χ4v) is 3.21. The van der Waals surface area contributed by atoms with Crippen molar-refractivity contribution in [3.8, 4) is 11.5 Å². The van der Waals surface area contributed by atoms with Gasteiger partial charge in [-0.2, -0.15) is 0 Å². The summed E-state index contributed by atoms with van der Waals surface area (Å²) in [6.07, 6.45) is 0. The van der Waals surface area contributed by atoms with Crippen LogP contribution in [-0.4, -0.2) is 25.1 Å². The van der Waals surface area contributed by atoms with Crippen molar-refractivity contribution in [3.05, 3.63) is 92.7 Å². The lowest BCUT2D eigenvalue weighted by Gasteiger charge is -2.14. The Morgan fingerprint density at radius 3 is 2.48 bits per heavy atom. The van der Waals surface area contributed by atoms with E-state index in [2.05, 4.69) is 10.6 Å². The van der Waals surface area contributed by atoms with Crippen LogP contribution in [0.3, 0.4) is 0 Å². The van der Waals surface area contributed by atoms with Gasteiger partial charge < -0.3 is 20.1 Å². The predicted molar refractivity (Wildman–Crippen MR) is 129 cm³/mol. The molecule has 176 valence electrons. The number of anilines is 1. The quantitative estimate of drug-likeness (QED) is 0.204. The molecule has 0 aliphatic carbocycles. The van der Waals surface area contributed by atoms with E-state index < -0.39 is 10.7 Å². The van der Waals surface area contributed by atoms with Crippen molar-refractivity contribution in [3.63, 3.8) is 0 Å². The monoisotopic (exact) mass is 495 g/mol. The number of benzene rings is 3. The van der Waals surface area contributed by atoms with Crippen LogP contribution in [0.15, 0.2) is 60.7 Å². The number of hydrogen-bond acceptors (Lipinski definition) is 6. The first-order valence-corrected chi connectivity index (χ1v) is 10.3. The van der Waals surface area contributed by atoms with Gasteiger partial charge in [-0.05, 0) is 42.0 Å². The summed E-state index contributed by atoms with van der Waals surface area (Å²) in [4.78, 5) is 10.3. The van der Waals surface area contributed by atoms with Crippen LogP contribution in [0.4, 0.5) is 15.8 Å². The lowest BCUT2D eigenvalue weighted by molar-refractivity contribution is -0.384. The highest BCUT2D eigenvalue weighted by Gasteiger charge is 2.11. The van der Waals surface area contributed by atoms with Crippen LogP contribution in [0, 0.1) is 15.9 Å². The molecular weight excluding hydrogens is 472 g/mol. The summed E-state index contributed by atoms with van der Waals surface area (Å²) < 4.78 is 25.1. The van der Waals surface area contributed by atoms with E-state index in [4.69, 9.17) is 21.1 Å². The topological polar surface area (TPSA) is 85.7 Å². The van der Waals surface area contributed by atoms with E-state index >= 15 is 0 Å². The van der Waals surface area contributed by atoms with Gasteiger partial charge in [-0.15, -0.1) is 12.4 Å². The Hall–Kier alpha value is -3.07. The van der Waals surface area contributed by atoms with Gasteiger partial charge >= 0.3 is 0 Å². The van der Waals surface area contributed by atoms with Gasteiger partial charge in [0.2, 0.25) is 0 Å². The van der Waals surface area contributed by atoms with E-state index in [0.717, 1.165) is 11.3 Å². The lowest BCUT2D eigenvalue weighted by Crippen LogP contribution is -2.21. The average Bonchev–Trinajstić information content (AvgIpc) is 2.79. The molecule has 0 atom stereocenters. The van der Waals surface area contributed by atoms with E-state index in [1.54, 1.807) is 37.4 Å². The number of nitrogens with one attached hydrogen (secondary N) is 2. The van der Waals surface area contributed by atoms with Gasteiger partial charge in [0.15, 0.2) is 11.5 Å². The molecule has 0 bridgehead atoms. The van der Waals surface area contributed by atoms with Crippen molar-refractivity contribution >= 4 is 35.4 Å². The minimum atomic E-state index is -0.426. The minimum absolute atomic E-state index is 0. The Labute approximate surface area is 202 Å². The maximum absolute atomic E-state index is 13.9. The third-order valence-corrected chi connectivity index (χ3v) is 5.05. The number of nitro groups is 1. The molecule has 3 rings (SSSR count). The van der Waals surface area contributed by atoms with Crippen molar-refractivity contribution in [1.29, 1.82) is 0 Å². The van der Waals surface area contributed by atoms with Crippen LogP contribution in [-0.2, 0) is 13.2 Å². The maximum atomic E-state index is 13.9. The molecule has 0 heterocycles. The number of non-ortho nitro benzene ring substituents is 1. The third-order valence-electron chi connectivity index (χ3n) is 4.70. The van der Waals surface area contributed by atoms with Crippen LogP contribution in [0.2, 0.25) is 5.02 Å². The van der Waals surface area contributed by atoms with Gasteiger partial charge in [-0.3, -0.25) is 10.1 Å². The van der Waals surface area contributed by atoms with Crippen LogP contribution >= 0.6 is 24.0 Å².